The average Bonchev–Trinajstić information content (AvgIpc) is 3.26. The van der Waals surface area contributed by atoms with Gasteiger partial charge in [0.05, 0.1) is 0 Å². The Bertz CT molecular complexity index is 1130. The van der Waals surface area contributed by atoms with Crippen LogP contribution < -0.4 is 20.1 Å². The van der Waals surface area contributed by atoms with Crippen LogP contribution in [0.15, 0.2) is 83.0 Å². The highest BCUT2D eigenvalue weighted by atomic mass is 79.9. The van der Waals surface area contributed by atoms with Crippen molar-refractivity contribution in [2.24, 2.45) is 0 Å². The number of carbonyl (C=O) groups is 2. The van der Waals surface area contributed by atoms with E-state index in [9.17, 15) is 9.59 Å². The molecule has 1 aliphatic rings. The Morgan fingerprint density at radius 3 is 2.45 bits per heavy atom. The van der Waals surface area contributed by atoms with E-state index in [0.29, 0.717) is 29.2 Å². The first-order valence-corrected chi connectivity index (χ1v) is 10.4. The summed E-state index contributed by atoms with van der Waals surface area (Å²) in [4.78, 5) is 25.6. The number of fused-ring (bicyclic) bond motifs is 1. The van der Waals surface area contributed by atoms with E-state index >= 15 is 0 Å². The molecule has 7 heteroatoms. The molecule has 31 heavy (non-hydrogen) atoms. The smallest absolute Gasteiger partial charge is 0.268 e. The number of carbonyl (C=O) groups excluding carboxylic acids is 2. The number of hydrogen-bond donors (Lipinski definition) is 2. The molecule has 1 aliphatic heterocycles. The van der Waals surface area contributed by atoms with Gasteiger partial charge >= 0.3 is 0 Å². The lowest BCUT2D eigenvalue weighted by Crippen LogP contribution is -2.34. The SMILES string of the molecule is O=C(NCc1ccccc1)/C(=C/c1ccc2c(c1)OCO2)NC(=O)c1ccc(Br)cc1. The van der Waals surface area contributed by atoms with Gasteiger partial charge < -0.3 is 20.1 Å². The van der Waals surface area contributed by atoms with Gasteiger partial charge in [-0.15, -0.1) is 0 Å². The Kier molecular flexibility index (Phi) is 6.33. The van der Waals surface area contributed by atoms with E-state index in [2.05, 4.69) is 26.6 Å². The molecule has 2 amide bonds. The summed E-state index contributed by atoms with van der Waals surface area (Å²) in [6.45, 7) is 0.500. The summed E-state index contributed by atoms with van der Waals surface area (Å²) in [6.07, 6.45) is 1.61. The summed E-state index contributed by atoms with van der Waals surface area (Å²) >= 11 is 3.35. The molecule has 2 N–H and O–H groups in total. The standard InChI is InChI=1S/C24H19BrN2O4/c25-19-9-7-18(8-10-19)23(28)27-20(24(29)26-14-16-4-2-1-3-5-16)12-17-6-11-21-22(13-17)31-15-30-21/h1-13H,14-15H2,(H,26,29)(H,27,28)/b20-12-. The summed E-state index contributed by atoms with van der Waals surface area (Å²) in [5, 5.41) is 5.58. The Labute approximate surface area is 188 Å². The summed E-state index contributed by atoms with van der Waals surface area (Å²) in [5.41, 5.74) is 2.22. The third-order valence-electron chi connectivity index (χ3n) is 4.60. The normalized spacial score (nSPS) is 12.4. The number of benzene rings is 3. The van der Waals surface area contributed by atoms with Gasteiger partial charge in [0.25, 0.3) is 11.8 Å². The summed E-state index contributed by atoms with van der Waals surface area (Å²) in [7, 11) is 0. The van der Waals surface area contributed by atoms with Gasteiger partial charge in [0.1, 0.15) is 5.70 Å². The first kappa shape index (κ1) is 20.7. The lowest BCUT2D eigenvalue weighted by atomic mass is 10.1. The van der Waals surface area contributed by atoms with Gasteiger partial charge in [0.2, 0.25) is 6.79 Å². The number of halogens is 1. The fraction of sp³-hybridized carbons (Fsp3) is 0.0833. The molecule has 1 heterocycles. The van der Waals surface area contributed by atoms with E-state index in [1.165, 1.54) is 0 Å². The molecule has 0 spiro atoms. The predicted octanol–water partition coefficient (Wildman–Crippen LogP) is 4.27. The molecule has 4 rings (SSSR count). The minimum absolute atomic E-state index is 0.128. The number of hydrogen-bond acceptors (Lipinski definition) is 4. The van der Waals surface area contributed by atoms with Crippen LogP contribution in [0.1, 0.15) is 21.5 Å². The highest BCUT2D eigenvalue weighted by molar-refractivity contribution is 9.10. The number of ether oxygens (including phenoxy) is 2. The average molecular weight is 479 g/mol. The molecule has 0 fully saturated rings. The van der Waals surface area contributed by atoms with E-state index in [-0.39, 0.29) is 18.4 Å². The molecular formula is C24H19BrN2O4. The fourth-order valence-corrected chi connectivity index (χ4v) is 3.26. The largest absolute Gasteiger partial charge is 0.454 e. The molecule has 3 aromatic carbocycles. The van der Waals surface area contributed by atoms with Crippen LogP contribution in [0.3, 0.4) is 0 Å². The third-order valence-corrected chi connectivity index (χ3v) is 5.13. The van der Waals surface area contributed by atoms with Gasteiger partial charge in [-0.2, -0.15) is 0 Å². The van der Waals surface area contributed by atoms with E-state index in [0.717, 1.165) is 10.0 Å². The summed E-state index contributed by atoms with van der Waals surface area (Å²) in [5.74, 6) is 0.462. The molecule has 0 atom stereocenters. The molecule has 156 valence electrons. The van der Waals surface area contributed by atoms with Gasteiger partial charge in [-0.05, 0) is 53.6 Å². The molecule has 0 saturated heterocycles. The number of rotatable bonds is 6. The van der Waals surface area contributed by atoms with Crippen LogP contribution >= 0.6 is 15.9 Å². The van der Waals surface area contributed by atoms with Crippen molar-refractivity contribution in [3.8, 4) is 11.5 Å². The Hall–Kier alpha value is -3.58. The Morgan fingerprint density at radius 1 is 0.935 bits per heavy atom. The topological polar surface area (TPSA) is 76.7 Å². The van der Waals surface area contributed by atoms with Gasteiger partial charge in [-0.25, -0.2) is 0 Å². The number of amides is 2. The highest BCUT2D eigenvalue weighted by Gasteiger charge is 2.17. The molecular weight excluding hydrogens is 460 g/mol. The predicted molar refractivity (Wildman–Crippen MR) is 120 cm³/mol. The lowest BCUT2D eigenvalue weighted by molar-refractivity contribution is -0.117. The van der Waals surface area contributed by atoms with Crippen LogP contribution in [-0.2, 0) is 11.3 Å². The van der Waals surface area contributed by atoms with Crippen molar-refractivity contribution in [2.75, 3.05) is 6.79 Å². The zero-order valence-corrected chi connectivity index (χ0v) is 18.0. The van der Waals surface area contributed by atoms with E-state index in [1.54, 1.807) is 48.5 Å². The number of nitrogens with one attached hydrogen (secondary N) is 2. The van der Waals surface area contributed by atoms with Gasteiger partial charge in [0, 0.05) is 16.6 Å². The molecule has 0 aromatic heterocycles. The third kappa shape index (κ3) is 5.32. The first-order valence-electron chi connectivity index (χ1n) is 9.59. The summed E-state index contributed by atoms with van der Waals surface area (Å²) < 4.78 is 11.6. The zero-order chi connectivity index (χ0) is 21.6. The molecule has 0 unspecified atom stereocenters. The van der Waals surface area contributed by atoms with Gasteiger partial charge in [0.15, 0.2) is 11.5 Å². The minimum atomic E-state index is -0.396. The maximum absolute atomic E-state index is 12.9. The van der Waals surface area contributed by atoms with Crippen molar-refractivity contribution in [1.82, 2.24) is 10.6 Å². The van der Waals surface area contributed by atoms with E-state index in [4.69, 9.17) is 9.47 Å². The second-order valence-corrected chi connectivity index (χ2v) is 7.72. The highest BCUT2D eigenvalue weighted by Crippen LogP contribution is 2.33. The van der Waals surface area contributed by atoms with Gasteiger partial charge in [-0.1, -0.05) is 52.3 Å². The summed E-state index contributed by atoms with van der Waals surface area (Å²) in [6, 6.07) is 21.8. The van der Waals surface area contributed by atoms with Crippen molar-refractivity contribution < 1.29 is 19.1 Å². The quantitative estimate of drug-likeness (QED) is 0.518. The zero-order valence-electron chi connectivity index (χ0n) is 16.4. The first-order chi connectivity index (χ1) is 15.1. The monoisotopic (exact) mass is 478 g/mol. The molecule has 3 aromatic rings. The van der Waals surface area contributed by atoms with Crippen molar-refractivity contribution >= 4 is 33.8 Å². The van der Waals surface area contributed by atoms with Crippen molar-refractivity contribution in [1.29, 1.82) is 0 Å². The maximum Gasteiger partial charge on any atom is 0.268 e. The van der Waals surface area contributed by atoms with Crippen LogP contribution in [0.5, 0.6) is 11.5 Å². The minimum Gasteiger partial charge on any atom is -0.454 e. The molecule has 6 nitrogen and oxygen atoms in total. The second-order valence-electron chi connectivity index (χ2n) is 6.80. The molecule has 0 bridgehead atoms. The van der Waals surface area contributed by atoms with Crippen LogP contribution in [0.25, 0.3) is 6.08 Å². The van der Waals surface area contributed by atoms with Crippen molar-refractivity contribution in [3.05, 3.63) is 99.7 Å². The maximum atomic E-state index is 12.9. The fourth-order valence-electron chi connectivity index (χ4n) is 3.00. The van der Waals surface area contributed by atoms with E-state index < -0.39 is 5.91 Å². The van der Waals surface area contributed by atoms with Crippen molar-refractivity contribution in [2.45, 2.75) is 6.54 Å². The lowest BCUT2D eigenvalue weighted by Gasteiger charge is -2.12. The van der Waals surface area contributed by atoms with Crippen LogP contribution in [-0.4, -0.2) is 18.6 Å². The molecule has 0 aliphatic carbocycles. The van der Waals surface area contributed by atoms with Crippen LogP contribution in [0.4, 0.5) is 0 Å². The molecule has 0 radical (unpaired) electrons. The van der Waals surface area contributed by atoms with Crippen molar-refractivity contribution in [3.63, 3.8) is 0 Å². The van der Waals surface area contributed by atoms with E-state index in [1.807, 2.05) is 30.3 Å². The van der Waals surface area contributed by atoms with Crippen LogP contribution in [0, 0.1) is 0 Å². The second kappa shape index (κ2) is 9.49. The molecule has 0 saturated carbocycles. The Balaban J connectivity index is 1.57. The van der Waals surface area contributed by atoms with Gasteiger partial charge in [-0.3, -0.25) is 9.59 Å². The Morgan fingerprint density at radius 2 is 1.68 bits per heavy atom. The van der Waals surface area contributed by atoms with Crippen LogP contribution in [0.2, 0.25) is 0 Å².